The molecule has 1 aliphatic carbocycles. The summed E-state index contributed by atoms with van der Waals surface area (Å²) in [5, 5.41) is 11.7. The summed E-state index contributed by atoms with van der Waals surface area (Å²) in [6.45, 7) is 2.47. The Morgan fingerprint density at radius 2 is 1.81 bits per heavy atom. The lowest BCUT2D eigenvalue weighted by Crippen LogP contribution is -2.50. The maximum Gasteiger partial charge on any atom is 0.254 e. The van der Waals surface area contributed by atoms with E-state index in [-0.39, 0.29) is 18.0 Å². The lowest BCUT2D eigenvalue weighted by atomic mass is 10.3. The van der Waals surface area contributed by atoms with Crippen LogP contribution in [-0.4, -0.2) is 61.7 Å². The fourth-order valence-corrected chi connectivity index (χ4v) is 3.74. The molecule has 0 radical (unpaired) electrons. The predicted octanol–water partition coefficient (Wildman–Crippen LogP) is 1.40. The van der Waals surface area contributed by atoms with Crippen molar-refractivity contribution in [3.63, 3.8) is 0 Å². The van der Waals surface area contributed by atoms with Crippen LogP contribution in [0.15, 0.2) is 53.8 Å². The van der Waals surface area contributed by atoms with Gasteiger partial charge in [0.25, 0.3) is 5.56 Å². The first-order chi connectivity index (χ1) is 15.7. The highest BCUT2D eigenvalue weighted by Crippen LogP contribution is 2.38. The van der Waals surface area contributed by atoms with Crippen LogP contribution in [0.1, 0.15) is 24.5 Å². The van der Waals surface area contributed by atoms with Crippen LogP contribution in [-0.2, 0) is 11.3 Å². The SMILES string of the molecule is O=C(Cn1cnc(C2CC2)cc1=O)N1CCN(c2ccc(Nc3ccncc3)nn2)CC1. The summed E-state index contributed by atoms with van der Waals surface area (Å²) in [4.78, 5) is 37.2. The second kappa shape index (κ2) is 8.74. The van der Waals surface area contributed by atoms with E-state index in [1.54, 1.807) is 23.4 Å². The number of aromatic nitrogens is 5. The van der Waals surface area contributed by atoms with Crippen LogP contribution in [0.3, 0.4) is 0 Å². The van der Waals surface area contributed by atoms with Gasteiger partial charge in [-0.15, -0.1) is 10.2 Å². The summed E-state index contributed by atoms with van der Waals surface area (Å²) in [5.74, 6) is 1.77. The van der Waals surface area contributed by atoms with Gasteiger partial charge < -0.3 is 15.1 Å². The molecule has 3 aromatic rings. The van der Waals surface area contributed by atoms with Crippen LogP contribution < -0.4 is 15.8 Å². The van der Waals surface area contributed by atoms with E-state index in [2.05, 4.69) is 30.4 Å². The molecule has 2 fully saturated rings. The third kappa shape index (κ3) is 4.58. The van der Waals surface area contributed by atoms with Crippen LogP contribution in [0.4, 0.5) is 17.3 Å². The van der Waals surface area contributed by atoms with Crippen molar-refractivity contribution < 1.29 is 4.79 Å². The number of pyridine rings is 1. The van der Waals surface area contributed by atoms with E-state index in [1.807, 2.05) is 24.3 Å². The van der Waals surface area contributed by atoms with E-state index >= 15 is 0 Å². The fraction of sp³-hybridized carbons (Fsp3) is 0.364. The summed E-state index contributed by atoms with van der Waals surface area (Å²) in [7, 11) is 0. The number of anilines is 3. The molecule has 3 aromatic heterocycles. The van der Waals surface area contributed by atoms with Gasteiger partial charge in [0.05, 0.1) is 12.0 Å². The lowest BCUT2D eigenvalue weighted by molar-refractivity contribution is -0.132. The molecule has 0 atom stereocenters. The highest BCUT2D eigenvalue weighted by Gasteiger charge is 2.26. The molecular weight excluding hydrogens is 408 g/mol. The number of carbonyl (C=O) groups is 1. The monoisotopic (exact) mass is 432 g/mol. The Morgan fingerprint density at radius 3 is 2.47 bits per heavy atom. The Labute approximate surface area is 184 Å². The van der Waals surface area contributed by atoms with Gasteiger partial charge in [-0.05, 0) is 37.1 Å². The Balaban J connectivity index is 1.14. The molecule has 32 heavy (non-hydrogen) atoms. The zero-order valence-corrected chi connectivity index (χ0v) is 17.6. The van der Waals surface area contributed by atoms with Crippen LogP contribution in [0, 0.1) is 0 Å². The molecule has 164 valence electrons. The molecule has 5 rings (SSSR count). The molecular formula is C22H24N8O2. The van der Waals surface area contributed by atoms with Gasteiger partial charge in [-0.2, -0.15) is 0 Å². The normalized spacial score (nSPS) is 16.1. The summed E-state index contributed by atoms with van der Waals surface area (Å²) < 4.78 is 1.39. The highest BCUT2D eigenvalue weighted by atomic mass is 16.2. The van der Waals surface area contributed by atoms with Crippen molar-refractivity contribution >= 4 is 23.2 Å². The highest BCUT2D eigenvalue weighted by molar-refractivity contribution is 5.76. The summed E-state index contributed by atoms with van der Waals surface area (Å²) in [5.41, 5.74) is 1.57. The van der Waals surface area contributed by atoms with Gasteiger partial charge in [0.15, 0.2) is 11.6 Å². The van der Waals surface area contributed by atoms with Crippen molar-refractivity contribution in [2.24, 2.45) is 0 Å². The Kier molecular flexibility index (Phi) is 5.49. The van der Waals surface area contributed by atoms with Gasteiger partial charge in [-0.3, -0.25) is 19.1 Å². The van der Waals surface area contributed by atoms with E-state index in [9.17, 15) is 9.59 Å². The van der Waals surface area contributed by atoms with Crippen LogP contribution in [0.25, 0.3) is 0 Å². The van der Waals surface area contributed by atoms with Crippen molar-refractivity contribution in [3.8, 4) is 0 Å². The van der Waals surface area contributed by atoms with Crippen molar-refractivity contribution in [2.45, 2.75) is 25.3 Å². The summed E-state index contributed by atoms with van der Waals surface area (Å²) in [6.07, 6.45) is 7.10. The molecule has 2 aliphatic rings. The molecule has 10 heteroatoms. The zero-order chi connectivity index (χ0) is 21.9. The molecule has 4 heterocycles. The summed E-state index contributed by atoms with van der Waals surface area (Å²) in [6, 6.07) is 9.08. The average Bonchev–Trinajstić information content (AvgIpc) is 3.67. The molecule has 10 nitrogen and oxygen atoms in total. The first-order valence-electron chi connectivity index (χ1n) is 10.8. The van der Waals surface area contributed by atoms with E-state index in [0.717, 1.165) is 30.0 Å². The largest absolute Gasteiger partial charge is 0.352 e. The topological polar surface area (TPSA) is 109 Å². The van der Waals surface area contributed by atoms with E-state index in [1.165, 1.54) is 10.9 Å². The molecule has 1 saturated carbocycles. The molecule has 0 unspecified atom stereocenters. The standard InChI is InChI=1S/C22H24N8O2/c31-21-13-18(16-1-2-16)24-15-30(21)14-22(32)29-11-9-28(10-12-29)20-4-3-19(26-27-20)25-17-5-7-23-8-6-17/h3-8,13,15-16H,1-2,9-12,14H2,(H,23,25,26). The number of hydrogen-bond donors (Lipinski definition) is 1. The van der Waals surface area contributed by atoms with Gasteiger partial charge in [0.1, 0.15) is 6.54 Å². The second-order valence-corrected chi connectivity index (χ2v) is 8.06. The van der Waals surface area contributed by atoms with E-state index in [4.69, 9.17) is 0 Å². The molecule has 0 bridgehead atoms. The number of piperazine rings is 1. The van der Waals surface area contributed by atoms with Gasteiger partial charge >= 0.3 is 0 Å². The maximum atomic E-state index is 12.7. The van der Waals surface area contributed by atoms with E-state index < -0.39 is 0 Å². The summed E-state index contributed by atoms with van der Waals surface area (Å²) >= 11 is 0. The average molecular weight is 432 g/mol. The number of nitrogens with one attached hydrogen (secondary N) is 1. The maximum absolute atomic E-state index is 12.7. The van der Waals surface area contributed by atoms with Gasteiger partial charge in [0, 0.05) is 56.2 Å². The Bertz CT molecular complexity index is 1140. The van der Waals surface area contributed by atoms with Gasteiger partial charge in [-0.25, -0.2) is 4.98 Å². The predicted molar refractivity (Wildman–Crippen MR) is 119 cm³/mol. The van der Waals surface area contributed by atoms with Crippen molar-refractivity contribution in [2.75, 3.05) is 36.4 Å². The fourth-order valence-electron chi connectivity index (χ4n) is 3.74. The van der Waals surface area contributed by atoms with Crippen molar-refractivity contribution in [3.05, 3.63) is 65.1 Å². The zero-order valence-electron chi connectivity index (χ0n) is 17.6. The molecule has 0 aromatic carbocycles. The minimum absolute atomic E-state index is 0.0198. The number of hydrogen-bond acceptors (Lipinski definition) is 8. The molecule has 1 N–H and O–H groups in total. The van der Waals surface area contributed by atoms with Crippen molar-refractivity contribution in [1.82, 2.24) is 29.6 Å². The third-order valence-corrected chi connectivity index (χ3v) is 5.76. The number of amides is 1. The minimum atomic E-state index is -0.162. The second-order valence-electron chi connectivity index (χ2n) is 8.06. The first-order valence-corrected chi connectivity index (χ1v) is 10.8. The van der Waals surface area contributed by atoms with Crippen molar-refractivity contribution in [1.29, 1.82) is 0 Å². The van der Waals surface area contributed by atoms with Crippen LogP contribution in [0.2, 0.25) is 0 Å². The molecule has 1 aliphatic heterocycles. The van der Waals surface area contributed by atoms with Crippen LogP contribution >= 0.6 is 0 Å². The number of rotatable bonds is 6. The van der Waals surface area contributed by atoms with E-state index in [0.29, 0.717) is 37.9 Å². The van der Waals surface area contributed by atoms with Gasteiger partial charge in [0.2, 0.25) is 5.91 Å². The lowest BCUT2D eigenvalue weighted by Gasteiger charge is -2.35. The quantitative estimate of drug-likeness (QED) is 0.623. The molecule has 1 amide bonds. The Hall–Kier alpha value is -3.82. The third-order valence-electron chi connectivity index (χ3n) is 5.76. The molecule has 1 saturated heterocycles. The number of carbonyl (C=O) groups excluding carboxylic acids is 1. The smallest absolute Gasteiger partial charge is 0.254 e. The first kappa shape index (κ1) is 20.1. The Morgan fingerprint density at radius 1 is 1.03 bits per heavy atom. The van der Waals surface area contributed by atoms with Gasteiger partial charge in [-0.1, -0.05) is 0 Å². The molecule has 0 spiro atoms. The number of nitrogens with zero attached hydrogens (tertiary/aromatic N) is 7. The van der Waals surface area contributed by atoms with Crippen LogP contribution in [0.5, 0.6) is 0 Å². The minimum Gasteiger partial charge on any atom is -0.352 e.